The lowest BCUT2D eigenvalue weighted by Gasteiger charge is -2.45. The summed E-state index contributed by atoms with van der Waals surface area (Å²) in [7, 11) is 0. The molecular formula is C48H55NO10. The summed E-state index contributed by atoms with van der Waals surface area (Å²) in [4.78, 5) is 27.8. The van der Waals surface area contributed by atoms with Crippen molar-refractivity contribution in [3.63, 3.8) is 0 Å². The van der Waals surface area contributed by atoms with E-state index in [0.717, 1.165) is 27.2 Å². The van der Waals surface area contributed by atoms with Crippen molar-refractivity contribution in [2.45, 2.75) is 115 Å². The molecule has 2 aliphatic rings. The van der Waals surface area contributed by atoms with Crippen molar-refractivity contribution < 1.29 is 47.9 Å². The van der Waals surface area contributed by atoms with Crippen molar-refractivity contribution in [2.24, 2.45) is 0 Å². The Labute approximate surface area is 347 Å². The number of hydrogen-bond donors (Lipinski definition) is 1. The number of nitrogens with zero attached hydrogens (tertiary/aromatic N) is 1. The van der Waals surface area contributed by atoms with Crippen LogP contribution >= 0.6 is 0 Å². The topological polar surface area (TPSA) is 122 Å². The first-order valence-electron chi connectivity index (χ1n) is 19.9. The monoisotopic (exact) mass is 805 g/mol. The highest BCUT2D eigenvalue weighted by Crippen LogP contribution is 2.38. The first-order chi connectivity index (χ1) is 28.4. The van der Waals surface area contributed by atoms with Gasteiger partial charge in [0.15, 0.2) is 11.8 Å². The summed E-state index contributed by atoms with van der Waals surface area (Å²) < 4.78 is 45.0. The van der Waals surface area contributed by atoms with Gasteiger partial charge in [-0.2, -0.15) is 0 Å². The maximum atomic E-state index is 13.6. The van der Waals surface area contributed by atoms with Gasteiger partial charge in [0.2, 0.25) is 0 Å². The molecule has 2 fully saturated rings. The molecule has 1 unspecified atom stereocenters. The Bertz CT molecular complexity index is 1980. The molecule has 6 rings (SSSR count). The zero-order chi connectivity index (χ0) is 41.9. The largest absolute Gasteiger partial charge is 0.444 e. The highest BCUT2D eigenvalue weighted by molar-refractivity contribution is 5.80. The molecule has 1 N–H and O–H groups in total. The Kier molecular flexibility index (Phi) is 14.7. The van der Waals surface area contributed by atoms with Gasteiger partial charge in [-0.05, 0) is 56.9 Å². The van der Waals surface area contributed by atoms with E-state index < -0.39 is 59.6 Å². The van der Waals surface area contributed by atoms with Crippen molar-refractivity contribution in [1.82, 2.24) is 4.90 Å². The van der Waals surface area contributed by atoms with E-state index in [0.29, 0.717) is 12.9 Å². The molecular weight excluding hydrogens is 751 g/mol. The minimum absolute atomic E-state index is 0.110. The van der Waals surface area contributed by atoms with Gasteiger partial charge in [-0.1, -0.05) is 133 Å². The number of benzene rings is 4. The Balaban J connectivity index is 1.38. The molecule has 7 atom stereocenters. The van der Waals surface area contributed by atoms with E-state index >= 15 is 0 Å². The Morgan fingerprint density at radius 2 is 1.22 bits per heavy atom. The van der Waals surface area contributed by atoms with Crippen LogP contribution in [0.1, 0.15) is 56.9 Å². The van der Waals surface area contributed by atoms with Gasteiger partial charge in [-0.25, -0.2) is 4.79 Å². The molecule has 11 heteroatoms. The molecule has 2 saturated heterocycles. The van der Waals surface area contributed by atoms with Crippen LogP contribution in [0.25, 0.3) is 0 Å². The average Bonchev–Trinajstić information content (AvgIpc) is 3.53. The normalized spacial score (nSPS) is 24.4. The van der Waals surface area contributed by atoms with Crippen molar-refractivity contribution in [3.8, 4) is 11.8 Å². The smallest absolute Gasteiger partial charge is 0.413 e. The van der Waals surface area contributed by atoms with Gasteiger partial charge < -0.3 is 43.1 Å². The van der Waals surface area contributed by atoms with E-state index in [1.165, 1.54) is 0 Å². The average molecular weight is 806 g/mol. The molecule has 59 heavy (non-hydrogen) atoms. The van der Waals surface area contributed by atoms with Crippen molar-refractivity contribution in [2.75, 3.05) is 13.2 Å². The van der Waals surface area contributed by atoms with Gasteiger partial charge in [0.1, 0.15) is 47.9 Å². The highest BCUT2D eigenvalue weighted by atomic mass is 16.6. The van der Waals surface area contributed by atoms with Crippen LogP contribution in [0.3, 0.4) is 0 Å². The van der Waals surface area contributed by atoms with E-state index in [9.17, 15) is 14.7 Å². The number of rotatable bonds is 15. The first-order valence-corrected chi connectivity index (χ1v) is 19.9. The number of ether oxygens (including phenoxy) is 7. The summed E-state index contributed by atoms with van der Waals surface area (Å²) in [5.41, 5.74) is -0.273. The number of aliphatic hydroxyl groups is 1. The van der Waals surface area contributed by atoms with Crippen LogP contribution in [0.15, 0.2) is 121 Å². The third-order valence-corrected chi connectivity index (χ3v) is 10.1. The number of hydrogen-bond acceptors (Lipinski definition) is 10. The second-order valence-electron chi connectivity index (χ2n) is 16.2. The molecule has 4 aromatic rings. The fraction of sp³-hybridized carbons (Fsp3) is 0.417. The summed E-state index contributed by atoms with van der Waals surface area (Å²) in [5, 5.41) is 11.9. The lowest BCUT2D eigenvalue weighted by atomic mass is 9.91. The van der Waals surface area contributed by atoms with Crippen molar-refractivity contribution in [3.05, 3.63) is 144 Å². The molecule has 1 amide bonds. The van der Waals surface area contributed by atoms with Gasteiger partial charge in [0.05, 0.1) is 39.6 Å². The molecule has 0 spiro atoms. The summed E-state index contributed by atoms with van der Waals surface area (Å²) in [5.74, 6) is 5.98. The zero-order valence-electron chi connectivity index (χ0n) is 34.4. The van der Waals surface area contributed by atoms with Crippen LogP contribution in [0.2, 0.25) is 0 Å². The van der Waals surface area contributed by atoms with Gasteiger partial charge >= 0.3 is 6.09 Å². The molecule has 11 nitrogen and oxygen atoms in total. The molecule has 0 saturated carbocycles. The third-order valence-electron chi connectivity index (χ3n) is 10.1. The third kappa shape index (κ3) is 11.4. The van der Waals surface area contributed by atoms with E-state index in [4.69, 9.17) is 33.2 Å². The van der Waals surface area contributed by atoms with E-state index in [2.05, 4.69) is 11.8 Å². The predicted molar refractivity (Wildman–Crippen MR) is 220 cm³/mol. The SMILES string of the molecule is CC(C)(C)OC(=O)N1C(C)(C)OC[C@]1(C=O)C(O)C#C[C@@H]1O[C@H](COCc2ccccc2)[C@@H](OCc2ccccc2)[C@H](OCc2ccccc2)[C@H]1OCc1ccccc1. The maximum absolute atomic E-state index is 13.6. The van der Waals surface area contributed by atoms with Crippen LogP contribution < -0.4 is 0 Å². The molecule has 2 heterocycles. The molecule has 0 radical (unpaired) electrons. The molecule has 2 aliphatic heterocycles. The lowest BCUT2D eigenvalue weighted by molar-refractivity contribution is -0.261. The number of aldehydes is 1. The molecule has 4 aromatic carbocycles. The highest BCUT2D eigenvalue weighted by Gasteiger charge is 2.59. The predicted octanol–water partition coefficient (Wildman–Crippen LogP) is 7.03. The van der Waals surface area contributed by atoms with Crippen LogP contribution in [0.4, 0.5) is 4.79 Å². The summed E-state index contributed by atoms with van der Waals surface area (Å²) in [6, 6.07) is 39.1. The second-order valence-corrected chi connectivity index (χ2v) is 16.2. The fourth-order valence-corrected chi connectivity index (χ4v) is 7.16. The van der Waals surface area contributed by atoms with E-state index in [-0.39, 0.29) is 33.0 Å². The molecule has 0 aliphatic carbocycles. The van der Waals surface area contributed by atoms with Crippen molar-refractivity contribution >= 4 is 12.4 Å². The standard InChI is InChI=1S/C48H55NO10/c1-46(2,3)59-45(52)49-47(4,5)57-34-48(49,33-50)41(51)27-26-39-42(54-29-36-20-12-7-13-21-36)44(56-31-38-24-16-9-17-25-38)43(55-30-37-22-14-8-15-23-37)40(58-39)32-53-28-35-18-10-6-11-19-35/h6-25,33,39-44,51H,28-32,34H2,1-5H3/t39-,40+,41?,42-,43+,44+,48+/m0/s1. The van der Waals surface area contributed by atoms with Gasteiger partial charge in [-0.15, -0.1) is 0 Å². The quantitative estimate of drug-likeness (QED) is 0.0991. The lowest BCUT2D eigenvalue weighted by Crippen LogP contribution is -2.63. The molecule has 0 bridgehead atoms. The van der Waals surface area contributed by atoms with Crippen LogP contribution in [0, 0.1) is 11.8 Å². The van der Waals surface area contributed by atoms with Gasteiger partial charge in [0.25, 0.3) is 0 Å². The van der Waals surface area contributed by atoms with E-state index in [1.807, 2.05) is 121 Å². The van der Waals surface area contributed by atoms with Gasteiger partial charge in [0, 0.05) is 0 Å². The number of aliphatic hydroxyl groups excluding tert-OH is 1. The van der Waals surface area contributed by atoms with Gasteiger partial charge in [-0.3, -0.25) is 4.90 Å². The minimum atomic E-state index is -1.89. The van der Waals surface area contributed by atoms with Crippen LogP contribution in [-0.4, -0.2) is 89.1 Å². The second kappa shape index (κ2) is 19.9. The summed E-state index contributed by atoms with van der Waals surface area (Å²) in [6.07, 6.45) is -6.11. The first kappa shape index (κ1) is 43.7. The van der Waals surface area contributed by atoms with Crippen LogP contribution in [-0.2, 0) is 64.4 Å². The number of amides is 1. The fourth-order valence-electron chi connectivity index (χ4n) is 7.16. The Morgan fingerprint density at radius 3 is 1.69 bits per heavy atom. The Morgan fingerprint density at radius 1 is 0.763 bits per heavy atom. The number of carbonyl (C=O) groups excluding carboxylic acids is 2. The number of carbonyl (C=O) groups is 2. The maximum Gasteiger partial charge on any atom is 0.413 e. The molecule has 0 aromatic heterocycles. The summed E-state index contributed by atoms with van der Waals surface area (Å²) in [6.45, 7) is 9.21. The van der Waals surface area contributed by atoms with Crippen LogP contribution in [0.5, 0.6) is 0 Å². The Hall–Kier alpha value is -4.90. The molecule has 312 valence electrons. The summed E-state index contributed by atoms with van der Waals surface area (Å²) >= 11 is 0. The van der Waals surface area contributed by atoms with E-state index in [1.54, 1.807) is 34.6 Å². The van der Waals surface area contributed by atoms with Crippen molar-refractivity contribution in [1.29, 1.82) is 0 Å². The minimum Gasteiger partial charge on any atom is -0.444 e. The zero-order valence-corrected chi connectivity index (χ0v) is 34.4.